The van der Waals surface area contributed by atoms with Crippen molar-refractivity contribution in [1.29, 1.82) is 0 Å². The molecule has 0 unspecified atom stereocenters. The number of thiol groups is 1. The van der Waals surface area contributed by atoms with Crippen LogP contribution in [0.1, 0.15) is 11.8 Å². The second kappa shape index (κ2) is 6.75. The second-order valence-corrected chi connectivity index (χ2v) is 5.14. The van der Waals surface area contributed by atoms with Crippen molar-refractivity contribution in [1.82, 2.24) is 9.55 Å². The fourth-order valence-electron chi connectivity index (χ4n) is 2.24. The Morgan fingerprint density at radius 1 is 1.52 bits per heavy atom. The van der Waals surface area contributed by atoms with E-state index in [0.717, 1.165) is 0 Å². The molecule has 1 aromatic rings. The van der Waals surface area contributed by atoms with Crippen molar-refractivity contribution in [3.63, 3.8) is 0 Å². The van der Waals surface area contributed by atoms with Gasteiger partial charge in [-0.15, -0.1) is 0 Å². The summed E-state index contributed by atoms with van der Waals surface area (Å²) < 4.78 is 12.2. The summed E-state index contributed by atoms with van der Waals surface area (Å²) in [7, 11) is 0. The molecule has 4 atom stereocenters. The molecular weight excluding hydrogens is 300 g/mol. The lowest BCUT2D eigenvalue weighted by Crippen LogP contribution is -2.40. The molecule has 2 heterocycles. The minimum Gasteiger partial charge on any atom is -0.394 e. The van der Waals surface area contributed by atoms with Crippen molar-refractivity contribution in [2.24, 2.45) is 0 Å². The van der Waals surface area contributed by atoms with Gasteiger partial charge in [0, 0.05) is 17.5 Å². The fraction of sp³-hybridized carbons (Fsp3) is 0.667. The van der Waals surface area contributed by atoms with Gasteiger partial charge in [0.05, 0.1) is 19.3 Å². The molecule has 0 amide bonds. The van der Waals surface area contributed by atoms with Crippen molar-refractivity contribution in [2.75, 3.05) is 19.0 Å². The normalized spacial score (nSPS) is 29.0. The standard InChI is InChI=1S/C12H18N2O6S/c1-6-4-14(12(18)13-10(6)17)11-9(19-3-2-15)8(16)7(5-21)20-11/h4,7-9,11,15-16,21H,2-3,5H2,1H3,(H,13,17,18)/t7-,8-,9-,11-/m1/s1. The van der Waals surface area contributed by atoms with Crippen LogP contribution in [0.2, 0.25) is 0 Å². The predicted molar refractivity (Wildman–Crippen MR) is 76.7 cm³/mol. The van der Waals surface area contributed by atoms with Crippen LogP contribution in [0.5, 0.6) is 0 Å². The Bertz CT molecular complexity index is 600. The molecule has 3 N–H and O–H groups in total. The Kier molecular flexibility index (Phi) is 5.22. The fourth-order valence-corrected chi connectivity index (χ4v) is 2.54. The lowest BCUT2D eigenvalue weighted by atomic mass is 10.1. The van der Waals surface area contributed by atoms with Gasteiger partial charge in [0.2, 0.25) is 0 Å². The molecule has 0 radical (unpaired) electrons. The van der Waals surface area contributed by atoms with Crippen molar-refractivity contribution in [3.8, 4) is 0 Å². The predicted octanol–water partition coefficient (Wildman–Crippen LogP) is -1.59. The van der Waals surface area contributed by atoms with E-state index in [9.17, 15) is 14.7 Å². The summed E-state index contributed by atoms with van der Waals surface area (Å²) in [5.41, 5.74) is -0.795. The third-order valence-electron chi connectivity index (χ3n) is 3.31. The van der Waals surface area contributed by atoms with Gasteiger partial charge in [-0.05, 0) is 6.92 Å². The summed E-state index contributed by atoms with van der Waals surface area (Å²) in [4.78, 5) is 25.5. The number of aliphatic hydroxyl groups is 2. The number of nitrogens with zero attached hydrogens (tertiary/aromatic N) is 1. The number of aryl methyl sites for hydroxylation is 1. The number of hydrogen-bond donors (Lipinski definition) is 4. The average Bonchev–Trinajstić information content (AvgIpc) is 2.77. The lowest BCUT2D eigenvalue weighted by molar-refractivity contribution is -0.0761. The van der Waals surface area contributed by atoms with E-state index in [1.54, 1.807) is 6.92 Å². The van der Waals surface area contributed by atoms with Crippen molar-refractivity contribution >= 4 is 12.6 Å². The topological polar surface area (TPSA) is 114 Å². The number of aliphatic hydroxyl groups excluding tert-OH is 2. The molecule has 0 spiro atoms. The zero-order chi connectivity index (χ0) is 15.6. The molecule has 1 aliphatic heterocycles. The molecule has 1 aromatic heterocycles. The molecule has 2 rings (SSSR count). The van der Waals surface area contributed by atoms with E-state index in [1.807, 2.05) is 0 Å². The second-order valence-electron chi connectivity index (χ2n) is 4.78. The highest BCUT2D eigenvalue weighted by molar-refractivity contribution is 7.80. The zero-order valence-electron chi connectivity index (χ0n) is 11.4. The van der Waals surface area contributed by atoms with Crippen LogP contribution in [0.15, 0.2) is 15.8 Å². The van der Waals surface area contributed by atoms with E-state index in [0.29, 0.717) is 5.56 Å². The Morgan fingerprint density at radius 2 is 2.24 bits per heavy atom. The highest BCUT2D eigenvalue weighted by Crippen LogP contribution is 2.31. The summed E-state index contributed by atoms with van der Waals surface area (Å²) >= 11 is 4.09. The summed E-state index contributed by atoms with van der Waals surface area (Å²) in [6, 6.07) is 0. The van der Waals surface area contributed by atoms with Crippen LogP contribution >= 0.6 is 12.6 Å². The van der Waals surface area contributed by atoms with E-state index in [-0.39, 0.29) is 19.0 Å². The minimum absolute atomic E-state index is 0.00202. The van der Waals surface area contributed by atoms with Crippen LogP contribution in [0.4, 0.5) is 0 Å². The number of nitrogens with one attached hydrogen (secondary N) is 1. The van der Waals surface area contributed by atoms with Crippen LogP contribution in [0.25, 0.3) is 0 Å². The molecule has 8 nitrogen and oxygen atoms in total. The van der Waals surface area contributed by atoms with Gasteiger partial charge in [0.1, 0.15) is 12.2 Å². The van der Waals surface area contributed by atoms with Gasteiger partial charge in [0.15, 0.2) is 6.23 Å². The van der Waals surface area contributed by atoms with Gasteiger partial charge >= 0.3 is 5.69 Å². The van der Waals surface area contributed by atoms with Crippen molar-refractivity contribution in [3.05, 3.63) is 32.6 Å². The van der Waals surface area contributed by atoms with Crippen LogP contribution in [-0.4, -0.2) is 57.0 Å². The summed E-state index contributed by atoms with van der Waals surface area (Å²) in [6.45, 7) is 1.33. The first kappa shape index (κ1) is 16.2. The number of aromatic amines is 1. The molecule has 1 aliphatic rings. The molecule has 0 saturated carbocycles. The third-order valence-corrected chi connectivity index (χ3v) is 3.67. The molecule has 1 saturated heterocycles. The molecule has 9 heteroatoms. The van der Waals surface area contributed by atoms with E-state index in [2.05, 4.69) is 17.6 Å². The van der Waals surface area contributed by atoms with Crippen LogP contribution < -0.4 is 11.2 Å². The van der Waals surface area contributed by atoms with E-state index in [1.165, 1.54) is 10.8 Å². The van der Waals surface area contributed by atoms with Gasteiger partial charge in [-0.25, -0.2) is 4.79 Å². The summed E-state index contributed by atoms with van der Waals surface area (Å²) in [6.07, 6.45) is -1.97. The van der Waals surface area contributed by atoms with E-state index < -0.39 is 35.8 Å². The number of H-pyrrole nitrogens is 1. The first-order valence-corrected chi connectivity index (χ1v) is 7.11. The van der Waals surface area contributed by atoms with Gasteiger partial charge in [-0.1, -0.05) is 0 Å². The Balaban J connectivity index is 2.37. The maximum atomic E-state index is 11.9. The van der Waals surface area contributed by atoms with Gasteiger partial charge in [-0.2, -0.15) is 12.6 Å². The van der Waals surface area contributed by atoms with E-state index >= 15 is 0 Å². The highest BCUT2D eigenvalue weighted by Gasteiger charge is 2.45. The summed E-state index contributed by atoms with van der Waals surface area (Å²) in [5.74, 6) is 0.244. The smallest absolute Gasteiger partial charge is 0.330 e. The van der Waals surface area contributed by atoms with Gasteiger partial charge in [-0.3, -0.25) is 14.3 Å². The highest BCUT2D eigenvalue weighted by atomic mass is 32.1. The molecule has 0 bridgehead atoms. The van der Waals surface area contributed by atoms with Crippen LogP contribution in [-0.2, 0) is 9.47 Å². The molecular formula is C12H18N2O6S. The average molecular weight is 318 g/mol. The zero-order valence-corrected chi connectivity index (χ0v) is 12.3. The molecule has 118 valence electrons. The maximum Gasteiger partial charge on any atom is 0.330 e. The Hall–Kier alpha value is -1.13. The first-order valence-electron chi connectivity index (χ1n) is 6.48. The largest absolute Gasteiger partial charge is 0.394 e. The maximum absolute atomic E-state index is 11.9. The Morgan fingerprint density at radius 3 is 2.86 bits per heavy atom. The van der Waals surface area contributed by atoms with E-state index in [4.69, 9.17) is 14.6 Å². The Labute approximate surface area is 125 Å². The number of ether oxygens (including phenoxy) is 2. The monoisotopic (exact) mass is 318 g/mol. The van der Waals surface area contributed by atoms with Crippen molar-refractivity contribution < 1.29 is 19.7 Å². The summed E-state index contributed by atoms with van der Waals surface area (Å²) in [5, 5.41) is 19.0. The SMILES string of the molecule is Cc1cn([C@@H]2O[C@H](CS)[C@@H](O)[C@H]2OCCO)c(=O)[nH]c1=O. The third kappa shape index (κ3) is 3.22. The quantitative estimate of drug-likeness (QED) is 0.487. The molecule has 0 aromatic carbocycles. The van der Waals surface area contributed by atoms with Crippen LogP contribution in [0.3, 0.4) is 0 Å². The minimum atomic E-state index is -0.988. The molecule has 0 aliphatic carbocycles. The van der Waals surface area contributed by atoms with Gasteiger partial charge < -0.3 is 19.7 Å². The lowest BCUT2D eigenvalue weighted by Gasteiger charge is -2.22. The first-order chi connectivity index (χ1) is 9.99. The van der Waals surface area contributed by atoms with Gasteiger partial charge in [0.25, 0.3) is 5.56 Å². The van der Waals surface area contributed by atoms with Crippen LogP contribution in [0, 0.1) is 6.92 Å². The van der Waals surface area contributed by atoms with Crippen molar-refractivity contribution in [2.45, 2.75) is 31.5 Å². The number of hydrogen-bond acceptors (Lipinski definition) is 7. The molecule has 21 heavy (non-hydrogen) atoms. The number of aromatic nitrogens is 2. The number of rotatable bonds is 5. The molecule has 1 fully saturated rings.